The quantitative estimate of drug-likeness (QED) is 0.771. The number of hydrogen-bond acceptors (Lipinski definition) is 3. The Balaban J connectivity index is 3.24. The average molecular weight is 209 g/mol. The molecule has 0 aliphatic rings. The van der Waals surface area contributed by atoms with Gasteiger partial charge in [-0.15, -0.1) is 0 Å². The van der Waals surface area contributed by atoms with Crippen LogP contribution in [-0.4, -0.2) is 21.3 Å². The number of nitrogens with one attached hydrogen (secondary N) is 1. The van der Waals surface area contributed by atoms with Gasteiger partial charge in [0, 0.05) is 12.7 Å². The fourth-order valence-electron chi connectivity index (χ4n) is 1.86. The van der Waals surface area contributed by atoms with Crippen LogP contribution in [0, 0.1) is 13.8 Å². The minimum Gasteiger partial charge on any atom is -0.496 e. The summed E-state index contributed by atoms with van der Waals surface area (Å²) < 4.78 is 10.7. The molecule has 1 rings (SSSR count). The van der Waals surface area contributed by atoms with Crippen molar-refractivity contribution in [3.05, 3.63) is 28.8 Å². The molecule has 0 fully saturated rings. The summed E-state index contributed by atoms with van der Waals surface area (Å²) in [5.41, 5.74) is 3.38. The van der Waals surface area contributed by atoms with Crippen molar-refractivity contribution in [2.75, 3.05) is 21.3 Å². The van der Waals surface area contributed by atoms with Gasteiger partial charge in [0.05, 0.1) is 7.11 Å². The van der Waals surface area contributed by atoms with Crippen LogP contribution in [0.2, 0.25) is 0 Å². The van der Waals surface area contributed by atoms with E-state index < -0.39 is 0 Å². The van der Waals surface area contributed by atoms with Crippen molar-refractivity contribution in [3.63, 3.8) is 0 Å². The van der Waals surface area contributed by atoms with Gasteiger partial charge in [-0.25, -0.2) is 0 Å². The first kappa shape index (κ1) is 12.0. The summed E-state index contributed by atoms with van der Waals surface area (Å²) in [5, 5.41) is 3.09. The Kier molecular flexibility index (Phi) is 4.12. The van der Waals surface area contributed by atoms with Crippen molar-refractivity contribution < 1.29 is 9.47 Å². The monoisotopic (exact) mass is 209 g/mol. The standard InChI is InChI=1S/C12H19NO2/c1-8-6-9(2)11(14-4)10(7-8)12(13-3)15-5/h6-7,12-13H,1-5H3. The maximum absolute atomic E-state index is 5.40. The minimum absolute atomic E-state index is 0.126. The Morgan fingerprint density at radius 1 is 1.20 bits per heavy atom. The molecule has 84 valence electrons. The maximum atomic E-state index is 5.40. The van der Waals surface area contributed by atoms with Gasteiger partial charge in [-0.2, -0.15) is 0 Å². The molecule has 0 amide bonds. The molecule has 0 heterocycles. The van der Waals surface area contributed by atoms with Gasteiger partial charge < -0.3 is 9.47 Å². The van der Waals surface area contributed by atoms with Crippen LogP contribution in [-0.2, 0) is 4.74 Å². The molecule has 15 heavy (non-hydrogen) atoms. The van der Waals surface area contributed by atoms with Gasteiger partial charge in [0.15, 0.2) is 0 Å². The first-order chi connectivity index (χ1) is 7.13. The molecule has 3 heteroatoms. The second kappa shape index (κ2) is 5.14. The van der Waals surface area contributed by atoms with Crippen molar-refractivity contribution in [1.82, 2.24) is 5.32 Å². The van der Waals surface area contributed by atoms with Gasteiger partial charge in [0.1, 0.15) is 12.0 Å². The third-order valence-corrected chi connectivity index (χ3v) is 2.43. The molecular formula is C12H19NO2. The molecule has 0 aromatic heterocycles. The molecule has 0 aliphatic heterocycles. The predicted octanol–water partition coefficient (Wildman–Crippen LogP) is 2.18. The van der Waals surface area contributed by atoms with Crippen molar-refractivity contribution in [1.29, 1.82) is 0 Å². The summed E-state index contributed by atoms with van der Waals surface area (Å²) in [6, 6.07) is 4.18. The van der Waals surface area contributed by atoms with E-state index in [-0.39, 0.29) is 6.23 Å². The number of hydrogen-bond donors (Lipinski definition) is 1. The van der Waals surface area contributed by atoms with Crippen LogP contribution in [0.5, 0.6) is 5.75 Å². The Bertz CT molecular complexity index is 333. The Morgan fingerprint density at radius 2 is 1.87 bits per heavy atom. The summed E-state index contributed by atoms with van der Waals surface area (Å²) in [6.07, 6.45) is -0.126. The van der Waals surface area contributed by atoms with E-state index in [0.717, 1.165) is 16.9 Å². The SMILES string of the molecule is CNC(OC)c1cc(C)cc(C)c1OC. The molecule has 0 aliphatic carbocycles. The maximum Gasteiger partial charge on any atom is 0.137 e. The second-order valence-electron chi connectivity index (χ2n) is 3.61. The number of ether oxygens (including phenoxy) is 2. The lowest BCUT2D eigenvalue weighted by Gasteiger charge is -2.20. The van der Waals surface area contributed by atoms with E-state index in [0.29, 0.717) is 0 Å². The summed E-state index contributed by atoms with van der Waals surface area (Å²) in [6.45, 7) is 4.11. The lowest BCUT2D eigenvalue weighted by atomic mass is 10.0. The third kappa shape index (κ3) is 2.49. The molecule has 1 N–H and O–H groups in total. The van der Waals surface area contributed by atoms with Crippen molar-refractivity contribution in [2.24, 2.45) is 0 Å². The van der Waals surface area contributed by atoms with E-state index in [9.17, 15) is 0 Å². The first-order valence-corrected chi connectivity index (χ1v) is 4.99. The highest BCUT2D eigenvalue weighted by Crippen LogP contribution is 2.30. The topological polar surface area (TPSA) is 30.5 Å². The fraction of sp³-hybridized carbons (Fsp3) is 0.500. The Hall–Kier alpha value is -1.06. The Labute approximate surface area is 91.4 Å². The average Bonchev–Trinajstić information content (AvgIpc) is 2.19. The first-order valence-electron chi connectivity index (χ1n) is 4.99. The van der Waals surface area contributed by atoms with Crippen LogP contribution in [0.3, 0.4) is 0 Å². The number of rotatable bonds is 4. The van der Waals surface area contributed by atoms with Gasteiger partial charge in [0.2, 0.25) is 0 Å². The summed E-state index contributed by atoms with van der Waals surface area (Å²) in [4.78, 5) is 0. The summed E-state index contributed by atoms with van der Waals surface area (Å²) in [7, 11) is 5.23. The third-order valence-electron chi connectivity index (χ3n) is 2.43. The fourth-order valence-corrected chi connectivity index (χ4v) is 1.86. The van der Waals surface area contributed by atoms with Gasteiger partial charge in [-0.1, -0.05) is 11.6 Å². The largest absolute Gasteiger partial charge is 0.496 e. The molecule has 1 aromatic rings. The number of aryl methyl sites for hydroxylation is 2. The van der Waals surface area contributed by atoms with Gasteiger partial charge in [-0.3, -0.25) is 5.32 Å². The van der Waals surface area contributed by atoms with E-state index in [1.807, 2.05) is 14.0 Å². The molecule has 0 saturated heterocycles. The minimum atomic E-state index is -0.126. The van der Waals surface area contributed by atoms with Crippen LogP contribution in [0.1, 0.15) is 22.9 Å². The Morgan fingerprint density at radius 3 is 2.33 bits per heavy atom. The summed E-state index contributed by atoms with van der Waals surface area (Å²) in [5.74, 6) is 0.891. The van der Waals surface area contributed by atoms with Crippen LogP contribution < -0.4 is 10.1 Å². The molecular weight excluding hydrogens is 190 g/mol. The van der Waals surface area contributed by atoms with E-state index >= 15 is 0 Å². The zero-order chi connectivity index (χ0) is 11.4. The molecule has 0 saturated carbocycles. The molecule has 1 atom stereocenters. The van der Waals surface area contributed by atoms with Crippen LogP contribution in [0.4, 0.5) is 0 Å². The normalized spacial score (nSPS) is 12.6. The predicted molar refractivity (Wildman–Crippen MR) is 61.3 cm³/mol. The van der Waals surface area contributed by atoms with Crippen molar-refractivity contribution in [3.8, 4) is 5.75 Å². The number of benzene rings is 1. The molecule has 0 bridgehead atoms. The van der Waals surface area contributed by atoms with E-state index in [1.165, 1.54) is 5.56 Å². The molecule has 3 nitrogen and oxygen atoms in total. The molecule has 1 aromatic carbocycles. The van der Waals surface area contributed by atoms with Crippen molar-refractivity contribution >= 4 is 0 Å². The lowest BCUT2D eigenvalue weighted by Crippen LogP contribution is -2.19. The molecule has 0 radical (unpaired) electrons. The van der Waals surface area contributed by atoms with Crippen molar-refractivity contribution in [2.45, 2.75) is 20.1 Å². The summed E-state index contributed by atoms with van der Waals surface area (Å²) >= 11 is 0. The second-order valence-corrected chi connectivity index (χ2v) is 3.61. The highest BCUT2D eigenvalue weighted by atomic mass is 16.5. The van der Waals surface area contributed by atoms with E-state index in [2.05, 4.69) is 24.4 Å². The van der Waals surface area contributed by atoms with Crippen LogP contribution in [0.25, 0.3) is 0 Å². The zero-order valence-corrected chi connectivity index (χ0v) is 10.0. The van der Waals surface area contributed by atoms with Gasteiger partial charge in [0.25, 0.3) is 0 Å². The number of methoxy groups -OCH3 is 2. The van der Waals surface area contributed by atoms with Crippen LogP contribution >= 0.6 is 0 Å². The molecule has 0 spiro atoms. The molecule has 1 unspecified atom stereocenters. The highest BCUT2D eigenvalue weighted by molar-refractivity contribution is 5.44. The van der Waals surface area contributed by atoms with Crippen LogP contribution in [0.15, 0.2) is 12.1 Å². The van der Waals surface area contributed by atoms with E-state index in [1.54, 1.807) is 14.2 Å². The zero-order valence-electron chi connectivity index (χ0n) is 10.0. The van der Waals surface area contributed by atoms with Gasteiger partial charge in [-0.05, 0) is 32.5 Å². The highest BCUT2D eigenvalue weighted by Gasteiger charge is 2.15. The smallest absolute Gasteiger partial charge is 0.137 e. The lowest BCUT2D eigenvalue weighted by molar-refractivity contribution is 0.0785. The van der Waals surface area contributed by atoms with E-state index in [4.69, 9.17) is 9.47 Å². The van der Waals surface area contributed by atoms with Gasteiger partial charge >= 0.3 is 0 Å².